The van der Waals surface area contributed by atoms with Gasteiger partial charge in [0.1, 0.15) is 11.4 Å². The number of alkyl halides is 3. The summed E-state index contributed by atoms with van der Waals surface area (Å²) in [4.78, 5) is 18.7. The van der Waals surface area contributed by atoms with Gasteiger partial charge in [-0.3, -0.25) is 4.90 Å². The van der Waals surface area contributed by atoms with Crippen molar-refractivity contribution in [2.45, 2.75) is 24.2 Å². The fourth-order valence-corrected chi connectivity index (χ4v) is 5.37. The van der Waals surface area contributed by atoms with Gasteiger partial charge in [-0.15, -0.1) is 0 Å². The van der Waals surface area contributed by atoms with Crippen molar-refractivity contribution in [3.8, 4) is 11.4 Å². The van der Waals surface area contributed by atoms with Gasteiger partial charge >= 0.3 is 12.2 Å². The Bertz CT molecular complexity index is 1540. The first-order valence-electron chi connectivity index (χ1n) is 10.6. The van der Waals surface area contributed by atoms with E-state index < -0.39 is 27.8 Å². The number of halogens is 3. The van der Waals surface area contributed by atoms with E-state index in [1.165, 1.54) is 29.2 Å². The number of para-hydroxylation sites is 1. The molecule has 0 saturated carbocycles. The van der Waals surface area contributed by atoms with Crippen molar-refractivity contribution in [3.63, 3.8) is 0 Å². The molecule has 12 heteroatoms. The molecule has 0 spiro atoms. The second-order valence-corrected chi connectivity index (χ2v) is 9.75. The number of sulfonamides is 1. The summed E-state index contributed by atoms with van der Waals surface area (Å²) in [6, 6.07) is 18.3. The van der Waals surface area contributed by atoms with E-state index in [9.17, 15) is 26.4 Å². The highest BCUT2D eigenvalue weighted by Crippen LogP contribution is 2.36. The highest BCUT2D eigenvalue weighted by Gasteiger charge is 2.42. The molecule has 0 unspecified atom stereocenters. The van der Waals surface area contributed by atoms with Crippen LogP contribution in [0.15, 0.2) is 88.3 Å². The maximum Gasteiger partial charge on any atom is 0.416 e. The number of carbonyl (C=O) groups excluding carboxylic acids is 1. The summed E-state index contributed by atoms with van der Waals surface area (Å²) in [5.41, 5.74) is -0.0456. The van der Waals surface area contributed by atoms with Gasteiger partial charge in [0.05, 0.1) is 17.8 Å². The Morgan fingerprint density at radius 1 is 0.889 bits per heavy atom. The molecule has 0 atom stereocenters. The number of amides is 2. The predicted molar refractivity (Wildman–Crippen MR) is 122 cm³/mol. The topological polar surface area (TPSA) is 96.6 Å². The maximum atomic E-state index is 13.4. The third-order valence-electron chi connectivity index (χ3n) is 5.55. The monoisotopic (exact) mass is 514 g/mol. The van der Waals surface area contributed by atoms with Crippen LogP contribution in [0.2, 0.25) is 0 Å². The molecule has 1 aliphatic rings. The van der Waals surface area contributed by atoms with E-state index in [-0.39, 0.29) is 41.0 Å². The zero-order valence-corrected chi connectivity index (χ0v) is 19.2. The van der Waals surface area contributed by atoms with E-state index >= 15 is 0 Å². The van der Waals surface area contributed by atoms with Crippen molar-refractivity contribution in [2.24, 2.45) is 0 Å². The zero-order valence-electron chi connectivity index (χ0n) is 18.4. The van der Waals surface area contributed by atoms with Crippen LogP contribution in [-0.4, -0.2) is 28.9 Å². The number of aromatic nitrogens is 2. The zero-order chi connectivity index (χ0) is 25.5. The molecular weight excluding hydrogens is 497 g/mol. The molecule has 0 saturated heterocycles. The molecule has 1 aliphatic heterocycles. The van der Waals surface area contributed by atoms with Gasteiger partial charge in [0, 0.05) is 5.56 Å². The molecule has 0 aliphatic carbocycles. The summed E-state index contributed by atoms with van der Waals surface area (Å²) in [7, 11) is -4.14. The van der Waals surface area contributed by atoms with Gasteiger partial charge < -0.3 is 4.52 Å². The standard InChI is InChI=1S/C24H17F3N4O4S/c25-24(26,27)18-10-6-9-17(13-18)22-28-21(35-29-22)15-30-19-11-4-5-12-20(19)36(33,34)31(23(30)32)14-16-7-2-1-3-8-16/h1-13H,14-15H2. The third kappa shape index (κ3) is 4.31. The number of hydrogen-bond acceptors (Lipinski definition) is 6. The Hall–Kier alpha value is -4.19. The smallest absolute Gasteiger partial charge is 0.337 e. The normalized spacial score (nSPS) is 15.1. The number of anilines is 1. The molecule has 36 heavy (non-hydrogen) atoms. The van der Waals surface area contributed by atoms with Gasteiger partial charge in [-0.25, -0.2) is 17.5 Å². The molecule has 0 radical (unpaired) electrons. The van der Waals surface area contributed by atoms with E-state index in [1.54, 1.807) is 42.5 Å². The Morgan fingerprint density at radius 2 is 1.61 bits per heavy atom. The van der Waals surface area contributed by atoms with Crippen LogP contribution >= 0.6 is 0 Å². The number of rotatable bonds is 5. The fraction of sp³-hybridized carbons (Fsp3) is 0.125. The number of urea groups is 1. The molecule has 184 valence electrons. The van der Waals surface area contributed by atoms with Gasteiger partial charge in [0.25, 0.3) is 10.0 Å². The summed E-state index contributed by atoms with van der Waals surface area (Å²) in [5, 5.41) is 3.75. The van der Waals surface area contributed by atoms with Crippen LogP contribution in [0.5, 0.6) is 0 Å². The average molecular weight is 514 g/mol. The second-order valence-electron chi connectivity index (χ2n) is 7.92. The first-order valence-corrected chi connectivity index (χ1v) is 12.1. The first kappa shape index (κ1) is 23.5. The van der Waals surface area contributed by atoms with Gasteiger partial charge in [-0.05, 0) is 29.8 Å². The Balaban J connectivity index is 1.48. The lowest BCUT2D eigenvalue weighted by molar-refractivity contribution is -0.137. The first-order chi connectivity index (χ1) is 17.1. The highest BCUT2D eigenvalue weighted by molar-refractivity contribution is 7.90. The van der Waals surface area contributed by atoms with Crippen molar-refractivity contribution in [3.05, 3.63) is 95.9 Å². The molecule has 0 bridgehead atoms. The molecule has 2 amide bonds. The SMILES string of the molecule is O=C1N(Cc2nc(-c3cccc(C(F)(F)F)c3)no2)c2ccccc2S(=O)(=O)N1Cc1ccccc1. The lowest BCUT2D eigenvalue weighted by atomic mass is 10.1. The number of nitrogens with zero attached hydrogens (tertiary/aromatic N) is 4. The fourth-order valence-electron chi connectivity index (χ4n) is 3.82. The van der Waals surface area contributed by atoms with Crippen molar-refractivity contribution < 1.29 is 30.9 Å². The van der Waals surface area contributed by atoms with Gasteiger partial charge in [-0.1, -0.05) is 59.8 Å². The molecule has 2 heterocycles. The molecule has 1 aromatic heterocycles. The van der Waals surface area contributed by atoms with Crippen molar-refractivity contribution in [1.29, 1.82) is 0 Å². The van der Waals surface area contributed by atoms with Crippen molar-refractivity contribution >= 4 is 21.7 Å². The van der Waals surface area contributed by atoms with Crippen LogP contribution < -0.4 is 4.90 Å². The average Bonchev–Trinajstić information content (AvgIpc) is 3.34. The maximum absolute atomic E-state index is 13.4. The Labute approximate surface area is 203 Å². The molecule has 0 N–H and O–H groups in total. The summed E-state index contributed by atoms with van der Waals surface area (Å²) in [6.45, 7) is -0.477. The number of carbonyl (C=O) groups is 1. The number of hydrogen-bond donors (Lipinski definition) is 0. The minimum absolute atomic E-state index is 0.0712. The largest absolute Gasteiger partial charge is 0.416 e. The van der Waals surface area contributed by atoms with E-state index in [4.69, 9.17) is 4.52 Å². The van der Waals surface area contributed by atoms with Crippen LogP contribution in [0.3, 0.4) is 0 Å². The van der Waals surface area contributed by atoms with Gasteiger partial charge in [-0.2, -0.15) is 18.2 Å². The van der Waals surface area contributed by atoms with Crippen LogP contribution in [-0.2, 0) is 29.3 Å². The summed E-state index contributed by atoms with van der Waals surface area (Å²) < 4.78 is 71.7. The predicted octanol–water partition coefficient (Wildman–Crippen LogP) is 5.09. The summed E-state index contributed by atoms with van der Waals surface area (Å²) in [5.74, 6) is -0.174. The van der Waals surface area contributed by atoms with Crippen molar-refractivity contribution in [2.75, 3.05) is 4.90 Å². The minimum Gasteiger partial charge on any atom is -0.337 e. The molecule has 5 rings (SSSR count). The van der Waals surface area contributed by atoms with Gasteiger partial charge in [0.2, 0.25) is 11.7 Å². The Kier molecular flexibility index (Phi) is 5.75. The summed E-state index contributed by atoms with van der Waals surface area (Å²) in [6.07, 6.45) is -4.54. The van der Waals surface area contributed by atoms with E-state index in [0.717, 1.165) is 16.4 Å². The van der Waals surface area contributed by atoms with Crippen LogP contribution in [0.1, 0.15) is 17.0 Å². The highest BCUT2D eigenvalue weighted by atomic mass is 32.2. The molecule has 8 nitrogen and oxygen atoms in total. The van der Waals surface area contributed by atoms with E-state index in [1.807, 2.05) is 0 Å². The molecule has 0 fully saturated rings. The van der Waals surface area contributed by atoms with Crippen LogP contribution in [0.4, 0.5) is 23.7 Å². The second kappa shape index (κ2) is 8.79. The lowest BCUT2D eigenvalue weighted by Gasteiger charge is -2.35. The number of benzene rings is 3. The Morgan fingerprint density at radius 3 is 2.36 bits per heavy atom. The molecular formula is C24H17F3N4O4S. The lowest BCUT2D eigenvalue weighted by Crippen LogP contribution is -2.50. The quantitative estimate of drug-likeness (QED) is 0.368. The van der Waals surface area contributed by atoms with Crippen LogP contribution in [0.25, 0.3) is 11.4 Å². The van der Waals surface area contributed by atoms with E-state index in [0.29, 0.717) is 5.56 Å². The summed E-state index contributed by atoms with van der Waals surface area (Å²) >= 11 is 0. The molecule has 4 aromatic rings. The van der Waals surface area contributed by atoms with Crippen LogP contribution in [0, 0.1) is 0 Å². The van der Waals surface area contributed by atoms with Crippen molar-refractivity contribution in [1.82, 2.24) is 14.4 Å². The number of fused-ring (bicyclic) bond motifs is 1. The van der Waals surface area contributed by atoms with Gasteiger partial charge in [0.15, 0.2) is 0 Å². The minimum atomic E-state index is -4.54. The third-order valence-corrected chi connectivity index (χ3v) is 7.31. The van der Waals surface area contributed by atoms with E-state index in [2.05, 4.69) is 10.1 Å². The molecule has 3 aromatic carbocycles.